The summed E-state index contributed by atoms with van der Waals surface area (Å²) in [4.78, 5) is 24.9. The Balaban J connectivity index is 2.43. The first kappa shape index (κ1) is 15.3. The summed E-state index contributed by atoms with van der Waals surface area (Å²) in [5, 5.41) is 3.19. The third-order valence-corrected chi connectivity index (χ3v) is 4.58. The zero-order valence-corrected chi connectivity index (χ0v) is 12.3. The van der Waals surface area contributed by atoms with E-state index in [0.717, 1.165) is 6.42 Å². The first-order chi connectivity index (χ1) is 8.34. The van der Waals surface area contributed by atoms with Crippen molar-refractivity contribution in [1.82, 2.24) is 10.2 Å². The number of carbonyl (C=O) groups is 2. The van der Waals surface area contributed by atoms with Crippen LogP contribution in [0.1, 0.15) is 33.6 Å². The van der Waals surface area contributed by atoms with Crippen LogP contribution in [-0.2, 0) is 20.4 Å². The maximum absolute atomic E-state index is 11.9. The molecule has 1 aliphatic rings. The monoisotopic (exact) mass is 274 g/mol. The first-order valence-corrected chi connectivity index (χ1v) is 7.88. The van der Waals surface area contributed by atoms with Crippen LogP contribution in [0.15, 0.2) is 0 Å². The molecule has 0 bridgehead atoms. The van der Waals surface area contributed by atoms with Crippen molar-refractivity contribution < 1.29 is 13.8 Å². The molecule has 0 aromatic heterocycles. The summed E-state index contributed by atoms with van der Waals surface area (Å²) >= 11 is 0. The Labute approximate surface area is 111 Å². The van der Waals surface area contributed by atoms with E-state index < -0.39 is 16.8 Å². The summed E-state index contributed by atoms with van der Waals surface area (Å²) in [7, 11) is -0.846. The molecule has 3 unspecified atom stereocenters. The number of hydrogen-bond acceptors (Lipinski definition) is 4. The second-order valence-electron chi connectivity index (χ2n) is 5.00. The predicted molar refractivity (Wildman–Crippen MR) is 71.5 cm³/mol. The zero-order valence-electron chi connectivity index (χ0n) is 11.4. The van der Waals surface area contributed by atoms with Gasteiger partial charge in [0.1, 0.15) is 0 Å². The molecule has 0 aliphatic carbocycles. The molecule has 0 aromatic carbocycles. The van der Waals surface area contributed by atoms with Gasteiger partial charge >= 0.3 is 0 Å². The second-order valence-corrected chi connectivity index (χ2v) is 6.81. The average Bonchev–Trinajstić information content (AvgIpc) is 2.53. The number of carbonyl (C=O) groups excluding carboxylic acids is 2. The lowest BCUT2D eigenvalue weighted by Gasteiger charge is -2.19. The molecule has 1 fully saturated rings. The van der Waals surface area contributed by atoms with Crippen molar-refractivity contribution in [3.05, 3.63) is 0 Å². The molecule has 18 heavy (non-hydrogen) atoms. The second kappa shape index (κ2) is 6.43. The third kappa shape index (κ3) is 3.62. The topological polar surface area (TPSA) is 66.5 Å². The van der Waals surface area contributed by atoms with Gasteiger partial charge in [0.2, 0.25) is 11.8 Å². The Morgan fingerprint density at radius 3 is 2.44 bits per heavy atom. The lowest BCUT2D eigenvalue weighted by molar-refractivity contribution is -0.140. The minimum absolute atomic E-state index is 0.0844. The van der Waals surface area contributed by atoms with Crippen LogP contribution in [-0.4, -0.2) is 51.1 Å². The smallest absolute Gasteiger partial charge is 0.247 e. The standard InChI is InChI=1S/C12H22N2O3S/c1-8(2)14-11(15)7-10(12(14)16)13-6-5-9(3)18(4)17/h8-10,13H,5-7H2,1-4H3. The minimum atomic E-state index is -0.846. The molecule has 2 amide bonds. The van der Waals surface area contributed by atoms with Crippen molar-refractivity contribution >= 4 is 22.6 Å². The van der Waals surface area contributed by atoms with E-state index in [0.29, 0.717) is 6.54 Å². The number of likely N-dealkylation sites (tertiary alicyclic amines) is 1. The van der Waals surface area contributed by atoms with Crippen LogP contribution in [0.5, 0.6) is 0 Å². The molecule has 0 aromatic rings. The predicted octanol–water partition coefficient (Wildman–Crippen LogP) is 0.269. The number of nitrogens with one attached hydrogen (secondary N) is 1. The van der Waals surface area contributed by atoms with E-state index in [-0.39, 0.29) is 29.5 Å². The molecule has 1 aliphatic heterocycles. The van der Waals surface area contributed by atoms with Gasteiger partial charge in [0.25, 0.3) is 0 Å². The van der Waals surface area contributed by atoms with Crippen molar-refractivity contribution in [3.63, 3.8) is 0 Å². The van der Waals surface area contributed by atoms with Crippen LogP contribution < -0.4 is 5.32 Å². The third-order valence-electron chi connectivity index (χ3n) is 3.21. The number of nitrogens with zero attached hydrogens (tertiary/aromatic N) is 1. The molecule has 0 saturated carbocycles. The molecular formula is C12H22N2O3S. The van der Waals surface area contributed by atoms with Gasteiger partial charge in [-0.2, -0.15) is 0 Å². The lowest BCUT2D eigenvalue weighted by Crippen LogP contribution is -2.42. The maximum Gasteiger partial charge on any atom is 0.247 e. The van der Waals surface area contributed by atoms with Crippen LogP contribution in [0, 0.1) is 0 Å². The molecule has 0 spiro atoms. The van der Waals surface area contributed by atoms with Gasteiger partial charge in [0.05, 0.1) is 12.5 Å². The zero-order chi connectivity index (χ0) is 13.9. The highest BCUT2D eigenvalue weighted by Crippen LogP contribution is 2.16. The molecule has 1 N–H and O–H groups in total. The van der Waals surface area contributed by atoms with Crippen molar-refractivity contribution in [3.8, 4) is 0 Å². The van der Waals surface area contributed by atoms with Crippen LogP contribution in [0.2, 0.25) is 0 Å². The van der Waals surface area contributed by atoms with E-state index in [2.05, 4.69) is 5.32 Å². The van der Waals surface area contributed by atoms with E-state index in [1.54, 1.807) is 6.26 Å². The Morgan fingerprint density at radius 1 is 1.39 bits per heavy atom. The molecule has 6 heteroatoms. The SMILES string of the molecule is CC(C)N1C(=O)CC(NCCC(C)S(C)=O)C1=O. The van der Waals surface area contributed by atoms with Crippen LogP contribution >= 0.6 is 0 Å². The normalized spacial score (nSPS) is 23.8. The highest BCUT2D eigenvalue weighted by atomic mass is 32.2. The van der Waals surface area contributed by atoms with Crippen molar-refractivity contribution in [2.45, 2.75) is 50.9 Å². The van der Waals surface area contributed by atoms with E-state index in [4.69, 9.17) is 0 Å². The maximum atomic E-state index is 11.9. The summed E-state index contributed by atoms with van der Waals surface area (Å²) < 4.78 is 11.2. The number of imide groups is 1. The van der Waals surface area contributed by atoms with Crippen molar-refractivity contribution in [2.75, 3.05) is 12.8 Å². The van der Waals surface area contributed by atoms with E-state index in [1.807, 2.05) is 20.8 Å². The number of hydrogen-bond donors (Lipinski definition) is 1. The summed E-state index contributed by atoms with van der Waals surface area (Å²) in [6, 6.07) is -0.490. The fourth-order valence-electron chi connectivity index (χ4n) is 1.98. The summed E-state index contributed by atoms with van der Waals surface area (Å²) in [5.41, 5.74) is 0. The van der Waals surface area contributed by atoms with E-state index in [9.17, 15) is 13.8 Å². The van der Waals surface area contributed by atoms with Gasteiger partial charge in [-0.15, -0.1) is 0 Å². The van der Waals surface area contributed by atoms with Crippen molar-refractivity contribution in [2.24, 2.45) is 0 Å². The van der Waals surface area contributed by atoms with Gasteiger partial charge in [-0.3, -0.25) is 18.7 Å². The molecule has 3 atom stereocenters. The highest BCUT2D eigenvalue weighted by Gasteiger charge is 2.39. The number of rotatable bonds is 6. The van der Waals surface area contributed by atoms with Gasteiger partial charge in [0.15, 0.2) is 0 Å². The van der Waals surface area contributed by atoms with Gasteiger partial charge in [-0.25, -0.2) is 0 Å². The molecule has 1 rings (SSSR count). The number of amides is 2. The Morgan fingerprint density at radius 2 is 2.00 bits per heavy atom. The minimum Gasteiger partial charge on any atom is -0.305 e. The quantitative estimate of drug-likeness (QED) is 0.706. The molecule has 1 saturated heterocycles. The van der Waals surface area contributed by atoms with Gasteiger partial charge in [-0.1, -0.05) is 6.92 Å². The van der Waals surface area contributed by atoms with Crippen molar-refractivity contribution in [1.29, 1.82) is 0 Å². The van der Waals surface area contributed by atoms with Crippen LogP contribution in [0.3, 0.4) is 0 Å². The Bertz CT molecular complexity index is 357. The van der Waals surface area contributed by atoms with Gasteiger partial charge in [-0.05, 0) is 26.8 Å². The van der Waals surface area contributed by atoms with E-state index in [1.165, 1.54) is 4.90 Å². The molecule has 104 valence electrons. The van der Waals surface area contributed by atoms with Gasteiger partial charge in [0, 0.05) is 28.3 Å². The first-order valence-electron chi connectivity index (χ1n) is 6.26. The molecule has 5 nitrogen and oxygen atoms in total. The van der Waals surface area contributed by atoms with Crippen LogP contribution in [0.4, 0.5) is 0 Å². The summed E-state index contributed by atoms with van der Waals surface area (Å²) in [6.07, 6.45) is 2.65. The van der Waals surface area contributed by atoms with Crippen LogP contribution in [0.25, 0.3) is 0 Å². The summed E-state index contributed by atoms with van der Waals surface area (Å²) in [6.45, 7) is 6.19. The largest absolute Gasteiger partial charge is 0.305 e. The average molecular weight is 274 g/mol. The van der Waals surface area contributed by atoms with E-state index >= 15 is 0 Å². The fraction of sp³-hybridized carbons (Fsp3) is 0.833. The fourth-order valence-corrected chi connectivity index (χ4v) is 2.43. The summed E-state index contributed by atoms with van der Waals surface area (Å²) in [5.74, 6) is -0.250. The molecule has 1 heterocycles. The lowest BCUT2D eigenvalue weighted by atomic mass is 10.2. The molecular weight excluding hydrogens is 252 g/mol. The Kier molecular flexibility index (Phi) is 5.47. The molecule has 0 radical (unpaired) electrons. The highest BCUT2D eigenvalue weighted by molar-refractivity contribution is 7.84. The van der Waals surface area contributed by atoms with Gasteiger partial charge < -0.3 is 5.32 Å². The Hall–Kier alpha value is -0.750.